The van der Waals surface area contributed by atoms with Crippen LogP contribution >= 0.6 is 15.9 Å². The third kappa shape index (κ3) is 3.79. The minimum Gasteiger partial charge on any atom is -0.496 e. The fourth-order valence-corrected chi connectivity index (χ4v) is 3.67. The number of halogens is 1. The number of nitrogens with zero attached hydrogens (tertiary/aromatic N) is 1. The summed E-state index contributed by atoms with van der Waals surface area (Å²) in [5.41, 5.74) is 7.85. The number of benzene rings is 1. The highest BCUT2D eigenvalue weighted by Crippen LogP contribution is 2.37. The fourth-order valence-electron chi connectivity index (χ4n) is 3.11. The second-order valence-electron chi connectivity index (χ2n) is 6.35. The van der Waals surface area contributed by atoms with Gasteiger partial charge in [-0.3, -0.25) is 4.90 Å². The van der Waals surface area contributed by atoms with Crippen molar-refractivity contribution in [3.63, 3.8) is 0 Å². The normalized spacial score (nSPS) is 20.2. The predicted molar refractivity (Wildman–Crippen MR) is 91.7 cm³/mol. The Bertz CT molecular complexity index is 470. The highest BCUT2D eigenvalue weighted by Gasteiger charge is 2.31. The Morgan fingerprint density at radius 2 is 2.05 bits per heavy atom. The van der Waals surface area contributed by atoms with E-state index in [1.807, 2.05) is 6.07 Å². The Balaban J connectivity index is 2.12. The Morgan fingerprint density at radius 1 is 1.38 bits per heavy atom. The maximum atomic E-state index is 6.07. The van der Waals surface area contributed by atoms with Gasteiger partial charge in [0.25, 0.3) is 0 Å². The van der Waals surface area contributed by atoms with Crippen molar-refractivity contribution < 1.29 is 4.74 Å². The first-order chi connectivity index (χ1) is 10.0. The quantitative estimate of drug-likeness (QED) is 0.869. The smallest absolute Gasteiger partial charge is 0.133 e. The highest BCUT2D eigenvalue weighted by molar-refractivity contribution is 9.10. The molecule has 1 aromatic carbocycles. The number of hydrogen-bond donors (Lipinski definition) is 1. The molecule has 1 atom stereocenters. The second-order valence-corrected chi connectivity index (χ2v) is 7.20. The van der Waals surface area contributed by atoms with Gasteiger partial charge in [0.1, 0.15) is 5.75 Å². The van der Waals surface area contributed by atoms with Crippen molar-refractivity contribution in [2.24, 2.45) is 11.1 Å². The summed E-state index contributed by atoms with van der Waals surface area (Å²) in [5, 5.41) is 0. The van der Waals surface area contributed by atoms with Gasteiger partial charge < -0.3 is 10.5 Å². The number of hydrogen-bond acceptors (Lipinski definition) is 3. The van der Waals surface area contributed by atoms with Crippen molar-refractivity contribution in [2.45, 2.75) is 39.2 Å². The van der Waals surface area contributed by atoms with Gasteiger partial charge in [-0.25, -0.2) is 0 Å². The molecule has 1 saturated heterocycles. The Morgan fingerprint density at radius 3 is 2.52 bits per heavy atom. The molecule has 0 radical (unpaired) electrons. The molecule has 1 fully saturated rings. The van der Waals surface area contributed by atoms with E-state index in [4.69, 9.17) is 10.5 Å². The lowest BCUT2D eigenvalue weighted by atomic mass is 9.78. The topological polar surface area (TPSA) is 38.5 Å². The summed E-state index contributed by atoms with van der Waals surface area (Å²) >= 11 is 3.57. The van der Waals surface area contributed by atoms with Crippen LogP contribution in [0.5, 0.6) is 5.75 Å². The van der Waals surface area contributed by atoms with Gasteiger partial charge in [0.15, 0.2) is 0 Å². The number of methoxy groups -OCH3 is 1. The average molecular weight is 355 g/mol. The number of ether oxygens (including phenoxy) is 1. The second kappa shape index (κ2) is 7.12. The summed E-state index contributed by atoms with van der Waals surface area (Å²) in [6.07, 6.45) is 3.79. The van der Waals surface area contributed by atoms with E-state index in [0.29, 0.717) is 18.0 Å². The van der Waals surface area contributed by atoms with Crippen LogP contribution in [0.2, 0.25) is 0 Å². The summed E-state index contributed by atoms with van der Waals surface area (Å²) < 4.78 is 6.31. The largest absolute Gasteiger partial charge is 0.496 e. The zero-order valence-electron chi connectivity index (χ0n) is 13.4. The first-order valence-electron chi connectivity index (χ1n) is 7.80. The van der Waals surface area contributed by atoms with Gasteiger partial charge in [0.05, 0.1) is 11.6 Å². The molecular formula is C17H27BrN2O. The van der Waals surface area contributed by atoms with Crippen molar-refractivity contribution in [2.75, 3.05) is 26.7 Å². The summed E-state index contributed by atoms with van der Waals surface area (Å²) in [5.74, 6) is 0.867. The van der Waals surface area contributed by atoms with Crippen LogP contribution in [-0.4, -0.2) is 31.6 Å². The average Bonchev–Trinajstić information content (AvgIpc) is 2.50. The Kier molecular flexibility index (Phi) is 5.69. The van der Waals surface area contributed by atoms with Crippen molar-refractivity contribution in [1.29, 1.82) is 0 Å². The van der Waals surface area contributed by atoms with E-state index in [-0.39, 0.29) is 0 Å². The van der Waals surface area contributed by atoms with Crippen molar-refractivity contribution in [3.8, 4) is 5.75 Å². The Hall–Kier alpha value is -0.580. The van der Waals surface area contributed by atoms with E-state index in [1.165, 1.54) is 24.8 Å². The van der Waals surface area contributed by atoms with E-state index in [0.717, 1.165) is 23.3 Å². The minimum atomic E-state index is 0.300. The van der Waals surface area contributed by atoms with Gasteiger partial charge in [-0.1, -0.05) is 26.3 Å². The molecule has 1 unspecified atom stereocenters. The molecule has 3 nitrogen and oxygen atoms in total. The number of piperidine rings is 1. The van der Waals surface area contributed by atoms with Crippen LogP contribution in [0, 0.1) is 5.41 Å². The summed E-state index contributed by atoms with van der Waals surface area (Å²) in [4.78, 5) is 2.53. The molecule has 118 valence electrons. The van der Waals surface area contributed by atoms with Gasteiger partial charge in [0, 0.05) is 12.6 Å². The van der Waals surface area contributed by atoms with Crippen LogP contribution in [0.3, 0.4) is 0 Å². The van der Waals surface area contributed by atoms with Crippen molar-refractivity contribution in [3.05, 3.63) is 28.2 Å². The maximum Gasteiger partial charge on any atom is 0.133 e. The molecule has 1 aliphatic heterocycles. The fraction of sp³-hybridized carbons (Fsp3) is 0.647. The summed E-state index contributed by atoms with van der Waals surface area (Å²) in [6, 6.07) is 6.59. The molecule has 4 heteroatoms. The molecule has 1 heterocycles. The lowest BCUT2D eigenvalue weighted by Gasteiger charge is -2.42. The van der Waals surface area contributed by atoms with E-state index in [1.54, 1.807) is 7.11 Å². The Labute approximate surface area is 137 Å². The van der Waals surface area contributed by atoms with Gasteiger partial charge in [0.2, 0.25) is 0 Å². The number of rotatable bonds is 5. The lowest BCUT2D eigenvalue weighted by molar-refractivity contribution is 0.0828. The van der Waals surface area contributed by atoms with E-state index in [2.05, 4.69) is 46.8 Å². The molecule has 2 N–H and O–H groups in total. The first kappa shape index (κ1) is 16.8. The molecule has 1 aromatic rings. The molecule has 1 aliphatic rings. The lowest BCUT2D eigenvalue weighted by Crippen LogP contribution is -2.42. The zero-order chi connectivity index (χ0) is 15.5. The molecule has 0 aromatic heterocycles. The highest BCUT2D eigenvalue weighted by atomic mass is 79.9. The van der Waals surface area contributed by atoms with Gasteiger partial charge in [-0.15, -0.1) is 0 Å². The third-order valence-corrected chi connectivity index (χ3v) is 5.70. The van der Waals surface area contributed by atoms with Crippen LogP contribution in [0.4, 0.5) is 0 Å². The number of nitrogens with two attached hydrogens (primary N) is 1. The van der Waals surface area contributed by atoms with E-state index in [9.17, 15) is 0 Å². The van der Waals surface area contributed by atoms with Crippen molar-refractivity contribution >= 4 is 15.9 Å². The van der Waals surface area contributed by atoms with Crippen LogP contribution in [-0.2, 0) is 0 Å². The van der Waals surface area contributed by atoms with Crippen LogP contribution < -0.4 is 10.5 Å². The third-order valence-electron chi connectivity index (χ3n) is 5.08. The minimum absolute atomic E-state index is 0.300. The van der Waals surface area contributed by atoms with E-state index < -0.39 is 0 Å². The molecule has 0 bridgehead atoms. The zero-order valence-corrected chi connectivity index (χ0v) is 14.9. The van der Waals surface area contributed by atoms with Gasteiger partial charge >= 0.3 is 0 Å². The van der Waals surface area contributed by atoms with Crippen molar-refractivity contribution in [1.82, 2.24) is 4.90 Å². The first-order valence-corrected chi connectivity index (χ1v) is 8.60. The summed E-state index contributed by atoms with van der Waals surface area (Å²) in [7, 11) is 1.69. The predicted octanol–water partition coefficient (Wildman–Crippen LogP) is 3.97. The van der Waals surface area contributed by atoms with Gasteiger partial charge in [-0.05, 0) is 65.0 Å². The molecule has 0 amide bonds. The molecule has 0 saturated carbocycles. The standard InChI is InChI=1S/C17H27BrN2O/c1-4-17(2)7-9-20(10-8-17)15(12-19)13-5-6-16(21-3)14(18)11-13/h5-6,11,15H,4,7-10,12,19H2,1-3H3. The van der Waals surface area contributed by atoms with E-state index >= 15 is 0 Å². The molecule has 21 heavy (non-hydrogen) atoms. The van der Waals surface area contributed by atoms with Crippen LogP contribution in [0.1, 0.15) is 44.7 Å². The molecule has 2 rings (SSSR count). The van der Waals surface area contributed by atoms with Crippen LogP contribution in [0.25, 0.3) is 0 Å². The maximum absolute atomic E-state index is 6.07. The molecular weight excluding hydrogens is 328 g/mol. The monoisotopic (exact) mass is 354 g/mol. The number of likely N-dealkylation sites (tertiary alicyclic amines) is 1. The van der Waals surface area contributed by atoms with Gasteiger partial charge in [-0.2, -0.15) is 0 Å². The van der Waals surface area contributed by atoms with Crippen LogP contribution in [0.15, 0.2) is 22.7 Å². The molecule has 0 spiro atoms. The molecule has 0 aliphatic carbocycles. The SMILES string of the molecule is CCC1(C)CCN(C(CN)c2ccc(OC)c(Br)c2)CC1. The summed E-state index contributed by atoms with van der Waals surface area (Å²) in [6.45, 7) is 7.63.